The van der Waals surface area contributed by atoms with E-state index in [1.807, 2.05) is 0 Å². The van der Waals surface area contributed by atoms with Gasteiger partial charge in [0.2, 0.25) is 0 Å². The summed E-state index contributed by atoms with van der Waals surface area (Å²) < 4.78 is 53.0. The molecule has 23 heavy (non-hydrogen) atoms. The van der Waals surface area contributed by atoms with E-state index in [2.05, 4.69) is 4.98 Å². The molecule has 1 atom stereocenters. The van der Waals surface area contributed by atoms with Crippen molar-refractivity contribution in [3.05, 3.63) is 42.9 Å². The summed E-state index contributed by atoms with van der Waals surface area (Å²) in [5.41, 5.74) is 0. The molecule has 9 heteroatoms. The molecule has 2 heterocycles. The lowest BCUT2D eigenvalue weighted by Crippen LogP contribution is -2.32. The Balaban J connectivity index is 1.84. The number of imidazole rings is 1. The molecule has 1 fully saturated rings. The molecule has 1 aromatic carbocycles. The van der Waals surface area contributed by atoms with Crippen molar-refractivity contribution >= 4 is 19.9 Å². The molecule has 0 spiro atoms. The first-order chi connectivity index (χ1) is 10.8. The van der Waals surface area contributed by atoms with Crippen molar-refractivity contribution in [2.24, 2.45) is 7.05 Å². The first-order valence-corrected chi connectivity index (χ1v) is 10.1. The van der Waals surface area contributed by atoms with Gasteiger partial charge in [0.05, 0.1) is 16.5 Å². The summed E-state index contributed by atoms with van der Waals surface area (Å²) in [4.78, 5) is 4.09. The molecule has 7 nitrogen and oxygen atoms in total. The second kappa shape index (κ2) is 5.73. The zero-order valence-electron chi connectivity index (χ0n) is 12.5. The molecule has 2 aromatic rings. The maximum atomic E-state index is 12.6. The fourth-order valence-corrected chi connectivity index (χ4v) is 5.90. The molecule has 1 aromatic heterocycles. The van der Waals surface area contributed by atoms with Gasteiger partial charge in [-0.3, -0.25) is 0 Å². The van der Waals surface area contributed by atoms with Crippen LogP contribution in [-0.2, 0) is 26.9 Å². The van der Waals surface area contributed by atoms with Crippen LogP contribution in [0.2, 0.25) is 0 Å². The Kier molecular flexibility index (Phi) is 4.03. The lowest BCUT2D eigenvalue weighted by molar-refractivity contribution is 0.474. The quantitative estimate of drug-likeness (QED) is 0.804. The van der Waals surface area contributed by atoms with E-state index in [1.54, 1.807) is 29.8 Å². The number of rotatable bonds is 4. The molecule has 0 aliphatic carbocycles. The molecule has 3 rings (SSSR count). The fourth-order valence-electron chi connectivity index (χ4n) is 2.63. The molecule has 1 aliphatic rings. The minimum Gasteiger partial charge on any atom is -0.339 e. The number of aromatic nitrogens is 2. The highest BCUT2D eigenvalue weighted by Gasteiger charge is 2.40. The van der Waals surface area contributed by atoms with Crippen LogP contribution in [0.15, 0.2) is 52.8 Å². The second-order valence-electron chi connectivity index (χ2n) is 5.51. The first-order valence-electron chi connectivity index (χ1n) is 7.09. The number of sulfone groups is 1. The summed E-state index contributed by atoms with van der Waals surface area (Å²) in [6.45, 7) is 0.131. The zero-order chi connectivity index (χ0) is 16.7. The smallest absolute Gasteiger partial charge is 0.262 e. The Morgan fingerprint density at radius 1 is 1.13 bits per heavy atom. The van der Waals surface area contributed by atoms with Crippen molar-refractivity contribution in [2.75, 3.05) is 13.1 Å². The predicted molar refractivity (Wildman–Crippen MR) is 84.0 cm³/mol. The molecular weight excluding hydrogens is 338 g/mol. The Hall–Kier alpha value is -1.71. The normalized spacial score (nSPS) is 20.0. The largest absolute Gasteiger partial charge is 0.339 e. The van der Waals surface area contributed by atoms with Crippen molar-refractivity contribution in [1.82, 2.24) is 13.9 Å². The molecule has 0 radical (unpaired) electrons. The molecule has 0 bridgehead atoms. The van der Waals surface area contributed by atoms with Gasteiger partial charge in [0, 0.05) is 26.3 Å². The van der Waals surface area contributed by atoms with Gasteiger partial charge >= 0.3 is 0 Å². The third kappa shape index (κ3) is 2.91. The Bertz CT molecular complexity index is 905. The van der Waals surface area contributed by atoms with Crippen molar-refractivity contribution in [2.45, 2.75) is 21.6 Å². The number of benzene rings is 1. The van der Waals surface area contributed by atoms with Crippen LogP contribution in [0.4, 0.5) is 0 Å². The van der Waals surface area contributed by atoms with E-state index in [1.165, 1.54) is 29.0 Å². The lowest BCUT2D eigenvalue weighted by Gasteiger charge is -2.15. The van der Waals surface area contributed by atoms with Crippen LogP contribution in [0, 0.1) is 0 Å². The van der Waals surface area contributed by atoms with Crippen LogP contribution in [0.5, 0.6) is 0 Å². The standard InChI is InChI=1S/C14H17N3O4S2/c1-16-10-14(15-11-16)23(20,21)17-8-7-13(9-17)22(18,19)12-5-3-2-4-6-12/h2-6,10-11,13H,7-9H2,1H3. The third-order valence-corrected chi connectivity index (χ3v) is 7.85. The highest BCUT2D eigenvalue weighted by Crippen LogP contribution is 2.27. The highest BCUT2D eigenvalue weighted by molar-refractivity contribution is 7.92. The molecule has 0 N–H and O–H groups in total. The molecule has 1 unspecified atom stereocenters. The summed E-state index contributed by atoms with van der Waals surface area (Å²) in [7, 11) is -5.62. The van der Waals surface area contributed by atoms with E-state index in [0.29, 0.717) is 0 Å². The van der Waals surface area contributed by atoms with Gasteiger partial charge < -0.3 is 4.57 Å². The van der Waals surface area contributed by atoms with Crippen LogP contribution in [0.3, 0.4) is 0 Å². The molecule has 1 saturated heterocycles. The van der Waals surface area contributed by atoms with Gasteiger partial charge in [-0.15, -0.1) is 0 Å². The number of aryl methyl sites for hydroxylation is 1. The molecular formula is C14H17N3O4S2. The molecule has 0 amide bonds. The Morgan fingerprint density at radius 3 is 2.43 bits per heavy atom. The summed E-state index contributed by atoms with van der Waals surface area (Å²) in [5.74, 6) is 0. The summed E-state index contributed by atoms with van der Waals surface area (Å²) in [5, 5.41) is -0.791. The van der Waals surface area contributed by atoms with Crippen LogP contribution in [0.1, 0.15) is 6.42 Å². The number of hydrogen-bond donors (Lipinski definition) is 0. The van der Waals surface area contributed by atoms with E-state index >= 15 is 0 Å². The number of nitrogens with zero attached hydrogens (tertiary/aromatic N) is 3. The number of sulfonamides is 1. The van der Waals surface area contributed by atoms with Crippen LogP contribution in [0.25, 0.3) is 0 Å². The molecule has 1 aliphatic heterocycles. The van der Waals surface area contributed by atoms with Crippen LogP contribution < -0.4 is 0 Å². The number of hydrogen-bond acceptors (Lipinski definition) is 5. The summed E-state index contributed by atoms with van der Waals surface area (Å²) in [6, 6.07) is 8.12. The second-order valence-corrected chi connectivity index (χ2v) is 9.62. The molecule has 0 saturated carbocycles. The van der Waals surface area contributed by atoms with Crippen LogP contribution >= 0.6 is 0 Å². The fraction of sp³-hybridized carbons (Fsp3) is 0.357. The lowest BCUT2D eigenvalue weighted by atomic mass is 10.4. The van der Waals surface area contributed by atoms with E-state index in [4.69, 9.17) is 0 Å². The third-order valence-electron chi connectivity index (χ3n) is 3.90. The van der Waals surface area contributed by atoms with E-state index < -0.39 is 25.1 Å². The average Bonchev–Trinajstić information content (AvgIpc) is 3.18. The van der Waals surface area contributed by atoms with Crippen molar-refractivity contribution in [3.8, 4) is 0 Å². The first kappa shape index (κ1) is 16.2. The van der Waals surface area contributed by atoms with Gasteiger partial charge in [-0.1, -0.05) is 18.2 Å². The van der Waals surface area contributed by atoms with E-state index in [0.717, 1.165) is 0 Å². The minimum atomic E-state index is -3.76. The van der Waals surface area contributed by atoms with Gasteiger partial charge in [-0.25, -0.2) is 21.8 Å². The van der Waals surface area contributed by atoms with Gasteiger partial charge in [0.1, 0.15) is 0 Å². The van der Waals surface area contributed by atoms with Crippen molar-refractivity contribution in [3.63, 3.8) is 0 Å². The topological polar surface area (TPSA) is 89.3 Å². The van der Waals surface area contributed by atoms with Gasteiger partial charge in [0.15, 0.2) is 14.9 Å². The van der Waals surface area contributed by atoms with Crippen molar-refractivity contribution < 1.29 is 16.8 Å². The Morgan fingerprint density at radius 2 is 1.83 bits per heavy atom. The highest BCUT2D eigenvalue weighted by atomic mass is 32.2. The van der Waals surface area contributed by atoms with Gasteiger partial charge in [-0.2, -0.15) is 4.31 Å². The van der Waals surface area contributed by atoms with Crippen molar-refractivity contribution in [1.29, 1.82) is 0 Å². The zero-order valence-corrected chi connectivity index (χ0v) is 14.2. The predicted octanol–water partition coefficient (Wildman–Crippen LogP) is 0.657. The monoisotopic (exact) mass is 355 g/mol. The summed E-state index contributed by atoms with van der Waals surface area (Å²) in [6.07, 6.45) is 3.10. The molecule has 124 valence electrons. The minimum absolute atomic E-state index is 0.0455. The van der Waals surface area contributed by atoms with E-state index in [9.17, 15) is 16.8 Å². The van der Waals surface area contributed by atoms with Gasteiger partial charge in [-0.05, 0) is 18.6 Å². The van der Waals surface area contributed by atoms with E-state index in [-0.39, 0.29) is 29.4 Å². The Labute approximate surface area is 135 Å². The van der Waals surface area contributed by atoms with Gasteiger partial charge in [0.25, 0.3) is 10.0 Å². The maximum absolute atomic E-state index is 12.6. The maximum Gasteiger partial charge on any atom is 0.262 e. The SMILES string of the molecule is Cn1cnc(S(=O)(=O)N2CCC(S(=O)(=O)c3ccccc3)C2)c1. The average molecular weight is 355 g/mol. The summed E-state index contributed by atoms with van der Waals surface area (Å²) >= 11 is 0. The van der Waals surface area contributed by atoms with Crippen LogP contribution in [-0.4, -0.2) is 49.0 Å².